The predicted octanol–water partition coefficient (Wildman–Crippen LogP) is 5.28. The van der Waals surface area contributed by atoms with Crippen LogP contribution in [0.4, 0.5) is 0 Å². The average Bonchev–Trinajstić information content (AvgIpc) is 2.64. The summed E-state index contributed by atoms with van der Waals surface area (Å²) in [6.45, 7) is 1.93. The van der Waals surface area contributed by atoms with Crippen molar-refractivity contribution in [3.63, 3.8) is 0 Å². The van der Waals surface area contributed by atoms with Gasteiger partial charge in [0.1, 0.15) is 17.2 Å². The van der Waals surface area contributed by atoms with Gasteiger partial charge in [-0.25, -0.2) is 0 Å². The lowest BCUT2D eigenvalue weighted by atomic mass is 10.3. The molecule has 3 aromatic rings. The zero-order valence-corrected chi connectivity index (χ0v) is 15.0. The molecule has 0 fully saturated rings. The molecule has 0 atom stereocenters. The van der Waals surface area contributed by atoms with E-state index in [0.717, 1.165) is 0 Å². The Morgan fingerprint density at radius 2 is 0.880 bits per heavy atom. The fraction of sp³-hybridized carbons (Fsp3) is 0.0476. The smallest absolute Gasteiger partial charge is 0.480 e. The molecule has 0 saturated heterocycles. The first-order valence-corrected chi connectivity index (χ1v) is 9.96. The first-order chi connectivity index (χ1) is 12.3. The van der Waals surface area contributed by atoms with Crippen molar-refractivity contribution in [2.24, 2.45) is 0 Å². The molecular weight excluding hydrogens is 328 g/mol. The van der Waals surface area contributed by atoms with Crippen LogP contribution in [0.15, 0.2) is 103 Å². The van der Waals surface area contributed by atoms with Crippen molar-refractivity contribution in [1.82, 2.24) is 0 Å². The van der Waals surface area contributed by atoms with E-state index in [9.17, 15) is 0 Å². The SMILES string of the molecule is CC=C[Si](Oc1ccccc1)(Oc1ccccc1)Oc1ccccc1. The third kappa shape index (κ3) is 4.75. The first kappa shape index (κ1) is 16.9. The lowest BCUT2D eigenvalue weighted by Crippen LogP contribution is -2.53. The summed E-state index contributed by atoms with van der Waals surface area (Å²) >= 11 is 0. The Hall–Kier alpha value is -2.98. The van der Waals surface area contributed by atoms with Crippen molar-refractivity contribution >= 4 is 8.80 Å². The van der Waals surface area contributed by atoms with E-state index in [2.05, 4.69) is 0 Å². The van der Waals surface area contributed by atoms with E-state index in [0.29, 0.717) is 17.2 Å². The number of para-hydroxylation sites is 3. The maximum Gasteiger partial charge on any atom is 0.729 e. The van der Waals surface area contributed by atoms with Crippen LogP contribution in [0.2, 0.25) is 0 Å². The van der Waals surface area contributed by atoms with Gasteiger partial charge in [-0.1, -0.05) is 60.7 Å². The standard InChI is InChI=1S/C21H20O3Si/c1-2-18-25(22-19-12-6-3-7-13-19,23-20-14-8-4-9-15-20)24-21-16-10-5-11-17-21/h2-18H,1H3. The lowest BCUT2D eigenvalue weighted by molar-refractivity contribution is 0.279. The van der Waals surface area contributed by atoms with E-state index in [-0.39, 0.29) is 0 Å². The van der Waals surface area contributed by atoms with Gasteiger partial charge in [0.25, 0.3) is 0 Å². The molecule has 3 rings (SSSR count). The van der Waals surface area contributed by atoms with E-state index in [1.165, 1.54) is 0 Å². The zero-order valence-electron chi connectivity index (χ0n) is 14.0. The molecule has 3 nitrogen and oxygen atoms in total. The largest absolute Gasteiger partial charge is 0.729 e. The molecule has 0 aliphatic carbocycles. The minimum Gasteiger partial charge on any atom is -0.480 e. The van der Waals surface area contributed by atoms with Crippen molar-refractivity contribution in [3.05, 3.63) is 103 Å². The molecule has 0 aromatic heterocycles. The number of benzene rings is 3. The topological polar surface area (TPSA) is 27.7 Å². The Bertz CT molecular complexity index is 688. The highest BCUT2D eigenvalue weighted by Gasteiger charge is 2.46. The van der Waals surface area contributed by atoms with Gasteiger partial charge in [-0.15, -0.1) is 0 Å². The van der Waals surface area contributed by atoms with Gasteiger partial charge in [-0.3, -0.25) is 0 Å². The highest BCUT2D eigenvalue weighted by Crippen LogP contribution is 2.24. The second-order valence-corrected chi connectivity index (χ2v) is 7.50. The second kappa shape index (κ2) is 8.21. The fourth-order valence-electron chi connectivity index (χ4n) is 2.33. The highest BCUT2D eigenvalue weighted by atomic mass is 28.4. The average molecular weight is 348 g/mol. The molecule has 0 unspecified atom stereocenters. The minimum absolute atomic E-state index is 0.708. The van der Waals surface area contributed by atoms with E-state index in [1.54, 1.807) is 0 Å². The van der Waals surface area contributed by atoms with E-state index in [4.69, 9.17) is 13.3 Å². The third-order valence-electron chi connectivity index (χ3n) is 3.38. The Kier molecular flexibility index (Phi) is 5.54. The van der Waals surface area contributed by atoms with Crippen LogP contribution in [-0.2, 0) is 0 Å². The van der Waals surface area contributed by atoms with Crippen molar-refractivity contribution in [2.75, 3.05) is 0 Å². The van der Waals surface area contributed by atoms with Crippen LogP contribution in [0, 0.1) is 0 Å². The third-order valence-corrected chi connectivity index (χ3v) is 5.68. The Labute approximate surface area is 149 Å². The molecule has 0 spiro atoms. The van der Waals surface area contributed by atoms with Crippen LogP contribution in [0.5, 0.6) is 17.2 Å². The summed E-state index contributed by atoms with van der Waals surface area (Å²) in [6, 6.07) is 28.8. The monoisotopic (exact) mass is 348 g/mol. The summed E-state index contributed by atoms with van der Waals surface area (Å²) in [7, 11) is -3.20. The fourth-order valence-corrected chi connectivity index (χ4v) is 4.46. The molecular formula is C21H20O3Si. The molecule has 126 valence electrons. The van der Waals surface area contributed by atoms with Crippen LogP contribution in [-0.4, -0.2) is 8.80 Å². The zero-order chi connectivity index (χ0) is 17.4. The molecule has 0 N–H and O–H groups in total. The minimum atomic E-state index is -3.20. The van der Waals surface area contributed by atoms with Gasteiger partial charge in [-0.2, -0.15) is 0 Å². The Balaban J connectivity index is 1.97. The lowest BCUT2D eigenvalue weighted by Gasteiger charge is -2.28. The van der Waals surface area contributed by atoms with Crippen molar-refractivity contribution in [3.8, 4) is 17.2 Å². The van der Waals surface area contributed by atoms with Gasteiger partial charge >= 0.3 is 8.80 Å². The first-order valence-electron chi connectivity index (χ1n) is 8.16. The summed E-state index contributed by atoms with van der Waals surface area (Å²) in [6.07, 6.45) is 1.90. The van der Waals surface area contributed by atoms with E-state index in [1.807, 2.05) is 110 Å². The number of hydrogen-bond donors (Lipinski definition) is 0. The molecule has 4 heteroatoms. The van der Waals surface area contributed by atoms with Crippen LogP contribution in [0.1, 0.15) is 6.92 Å². The molecule has 0 heterocycles. The molecule has 0 aliphatic heterocycles. The predicted molar refractivity (Wildman–Crippen MR) is 102 cm³/mol. The van der Waals surface area contributed by atoms with Gasteiger partial charge in [-0.05, 0) is 43.3 Å². The van der Waals surface area contributed by atoms with Gasteiger partial charge < -0.3 is 13.3 Å². The van der Waals surface area contributed by atoms with Crippen LogP contribution in [0.25, 0.3) is 0 Å². The van der Waals surface area contributed by atoms with E-state index >= 15 is 0 Å². The van der Waals surface area contributed by atoms with Gasteiger partial charge in [0.15, 0.2) is 0 Å². The van der Waals surface area contributed by atoms with Crippen molar-refractivity contribution < 1.29 is 13.3 Å². The Morgan fingerprint density at radius 3 is 1.16 bits per heavy atom. The highest BCUT2D eigenvalue weighted by molar-refractivity contribution is 6.68. The van der Waals surface area contributed by atoms with Crippen molar-refractivity contribution in [2.45, 2.75) is 6.92 Å². The van der Waals surface area contributed by atoms with Crippen LogP contribution >= 0.6 is 0 Å². The van der Waals surface area contributed by atoms with Gasteiger partial charge in [0, 0.05) is 5.70 Å². The Morgan fingerprint density at radius 1 is 0.560 bits per heavy atom. The summed E-state index contributed by atoms with van der Waals surface area (Å²) < 4.78 is 18.8. The summed E-state index contributed by atoms with van der Waals surface area (Å²) in [4.78, 5) is 0. The number of rotatable bonds is 7. The molecule has 0 amide bonds. The normalized spacial score (nSPS) is 11.2. The van der Waals surface area contributed by atoms with Crippen LogP contribution < -0.4 is 13.3 Å². The second-order valence-electron chi connectivity index (χ2n) is 5.35. The molecule has 25 heavy (non-hydrogen) atoms. The summed E-state index contributed by atoms with van der Waals surface area (Å²) in [5.74, 6) is 2.12. The number of allylic oxidation sites excluding steroid dienone is 1. The van der Waals surface area contributed by atoms with Gasteiger partial charge in [0.2, 0.25) is 0 Å². The van der Waals surface area contributed by atoms with Gasteiger partial charge in [0.05, 0.1) is 0 Å². The maximum atomic E-state index is 6.26. The quantitative estimate of drug-likeness (QED) is 0.544. The maximum absolute atomic E-state index is 6.26. The van der Waals surface area contributed by atoms with Crippen LogP contribution in [0.3, 0.4) is 0 Å². The molecule has 3 aromatic carbocycles. The van der Waals surface area contributed by atoms with E-state index < -0.39 is 8.80 Å². The molecule has 0 bridgehead atoms. The van der Waals surface area contributed by atoms with Crippen molar-refractivity contribution in [1.29, 1.82) is 0 Å². The summed E-state index contributed by atoms with van der Waals surface area (Å²) in [5, 5.41) is 0. The number of hydrogen-bond acceptors (Lipinski definition) is 3. The molecule has 0 aliphatic rings. The molecule has 0 saturated carbocycles. The summed E-state index contributed by atoms with van der Waals surface area (Å²) in [5.41, 5.74) is 1.89. The molecule has 0 radical (unpaired) electrons.